The quantitative estimate of drug-likeness (QED) is 0.306. The molecule has 0 saturated carbocycles. The van der Waals surface area contributed by atoms with Crippen LogP contribution in [0.1, 0.15) is 0 Å². The van der Waals surface area contributed by atoms with Crippen molar-refractivity contribution in [3.05, 3.63) is 72.8 Å². The van der Waals surface area contributed by atoms with Gasteiger partial charge in [-0.15, -0.1) is 0 Å². The smallest absolute Gasteiger partial charge is 0.127 e. The standard InChI is InChI=1S/C26H22O2S2/c1-3-7-21-17(5-1)9-11-23(27-13-19-15-29-19)25(21)26-22-8-4-2-6-18(22)10-12-24(26)28-14-20-16-30-20/h1-12,19-20H,13-16H2. The Hall–Kier alpha value is -2.30. The van der Waals surface area contributed by atoms with E-state index in [0.29, 0.717) is 10.5 Å². The van der Waals surface area contributed by atoms with Gasteiger partial charge in [-0.05, 0) is 33.7 Å². The van der Waals surface area contributed by atoms with Gasteiger partial charge in [0.15, 0.2) is 0 Å². The summed E-state index contributed by atoms with van der Waals surface area (Å²) >= 11 is 3.93. The van der Waals surface area contributed by atoms with Crippen LogP contribution in [0.4, 0.5) is 0 Å². The summed E-state index contributed by atoms with van der Waals surface area (Å²) < 4.78 is 12.8. The number of rotatable bonds is 7. The predicted octanol–water partition coefficient (Wildman–Crippen LogP) is 6.65. The molecule has 2 heterocycles. The molecule has 0 radical (unpaired) electrons. The zero-order chi connectivity index (χ0) is 19.9. The fraction of sp³-hybridized carbons (Fsp3) is 0.231. The van der Waals surface area contributed by atoms with E-state index in [1.807, 2.05) is 23.5 Å². The molecule has 4 aromatic rings. The molecule has 2 atom stereocenters. The van der Waals surface area contributed by atoms with E-state index < -0.39 is 0 Å². The van der Waals surface area contributed by atoms with Crippen molar-refractivity contribution in [1.29, 1.82) is 0 Å². The molecular formula is C26H22O2S2. The number of hydrogen-bond acceptors (Lipinski definition) is 4. The Morgan fingerprint density at radius 1 is 0.600 bits per heavy atom. The molecule has 0 spiro atoms. The second-order valence-electron chi connectivity index (χ2n) is 7.85. The molecule has 30 heavy (non-hydrogen) atoms. The Morgan fingerprint density at radius 2 is 1.03 bits per heavy atom. The molecule has 2 unspecified atom stereocenters. The largest absolute Gasteiger partial charge is 0.492 e. The molecule has 4 heteroatoms. The lowest BCUT2D eigenvalue weighted by Crippen LogP contribution is -2.06. The van der Waals surface area contributed by atoms with Gasteiger partial charge in [0.2, 0.25) is 0 Å². The zero-order valence-electron chi connectivity index (χ0n) is 16.5. The second kappa shape index (κ2) is 7.75. The average Bonchev–Trinajstić information content (AvgIpc) is 3.70. The number of ether oxygens (including phenoxy) is 2. The minimum atomic E-state index is 0.624. The molecule has 6 rings (SSSR count). The van der Waals surface area contributed by atoms with Crippen LogP contribution in [0.25, 0.3) is 32.7 Å². The highest BCUT2D eigenvalue weighted by Crippen LogP contribution is 2.46. The van der Waals surface area contributed by atoms with E-state index in [1.165, 1.54) is 33.1 Å². The van der Waals surface area contributed by atoms with Crippen LogP contribution in [0.2, 0.25) is 0 Å². The van der Waals surface area contributed by atoms with Crippen molar-refractivity contribution in [2.45, 2.75) is 10.5 Å². The van der Waals surface area contributed by atoms with Gasteiger partial charge in [-0.3, -0.25) is 0 Å². The molecule has 0 bridgehead atoms. The summed E-state index contributed by atoms with van der Waals surface area (Å²) in [5.74, 6) is 4.29. The highest BCUT2D eigenvalue weighted by atomic mass is 32.2. The predicted molar refractivity (Wildman–Crippen MR) is 130 cm³/mol. The summed E-state index contributed by atoms with van der Waals surface area (Å²) in [7, 11) is 0. The second-order valence-corrected chi connectivity index (χ2v) is 10.5. The van der Waals surface area contributed by atoms with Gasteiger partial charge >= 0.3 is 0 Å². The van der Waals surface area contributed by atoms with E-state index in [4.69, 9.17) is 9.47 Å². The number of hydrogen-bond donors (Lipinski definition) is 0. The van der Waals surface area contributed by atoms with Crippen LogP contribution in [0.3, 0.4) is 0 Å². The molecule has 2 fully saturated rings. The van der Waals surface area contributed by atoms with Gasteiger partial charge in [-0.25, -0.2) is 0 Å². The Labute approximate surface area is 185 Å². The van der Waals surface area contributed by atoms with Crippen LogP contribution in [0.15, 0.2) is 72.8 Å². The fourth-order valence-electron chi connectivity index (χ4n) is 3.95. The van der Waals surface area contributed by atoms with Crippen molar-refractivity contribution in [1.82, 2.24) is 0 Å². The van der Waals surface area contributed by atoms with Gasteiger partial charge < -0.3 is 9.47 Å². The van der Waals surface area contributed by atoms with Gasteiger partial charge in [0.1, 0.15) is 24.7 Å². The van der Waals surface area contributed by atoms with Crippen LogP contribution in [-0.4, -0.2) is 35.2 Å². The molecular weight excluding hydrogens is 408 g/mol. The normalized spacial score (nSPS) is 19.7. The van der Waals surface area contributed by atoms with E-state index in [2.05, 4.69) is 72.8 Å². The molecule has 0 aliphatic carbocycles. The summed E-state index contributed by atoms with van der Waals surface area (Å²) in [6.07, 6.45) is 0. The Morgan fingerprint density at radius 3 is 1.47 bits per heavy atom. The molecule has 0 aromatic heterocycles. The maximum Gasteiger partial charge on any atom is 0.127 e. The SMILES string of the molecule is c1ccc2c(-c3c(OCC4CS4)ccc4ccccc34)c(OCC3CS3)ccc2c1. The first-order valence-electron chi connectivity index (χ1n) is 10.4. The molecule has 150 valence electrons. The van der Waals surface area contributed by atoms with Crippen LogP contribution in [-0.2, 0) is 0 Å². The lowest BCUT2D eigenvalue weighted by molar-refractivity contribution is 0.327. The summed E-state index contributed by atoms with van der Waals surface area (Å²) in [6.45, 7) is 1.52. The van der Waals surface area contributed by atoms with Crippen molar-refractivity contribution in [2.24, 2.45) is 0 Å². The molecule has 2 aliphatic rings. The third-order valence-electron chi connectivity index (χ3n) is 5.69. The van der Waals surface area contributed by atoms with Crippen LogP contribution in [0.5, 0.6) is 11.5 Å². The van der Waals surface area contributed by atoms with Crippen molar-refractivity contribution >= 4 is 45.1 Å². The first kappa shape index (κ1) is 18.5. The molecule has 0 amide bonds. The fourth-order valence-corrected chi connectivity index (χ4v) is 4.75. The van der Waals surface area contributed by atoms with Gasteiger partial charge in [0, 0.05) is 33.1 Å². The molecule has 2 aliphatic heterocycles. The van der Waals surface area contributed by atoms with Gasteiger partial charge in [-0.2, -0.15) is 23.5 Å². The zero-order valence-corrected chi connectivity index (χ0v) is 18.2. The van der Waals surface area contributed by atoms with E-state index in [0.717, 1.165) is 35.8 Å². The van der Waals surface area contributed by atoms with Crippen LogP contribution >= 0.6 is 23.5 Å². The molecule has 2 nitrogen and oxygen atoms in total. The lowest BCUT2D eigenvalue weighted by Gasteiger charge is -2.19. The Kier molecular flexibility index (Phi) is 4.77. The first-order chi connectivity index (χ1) is 14.9. The maximum atomic E-state index is 6.38. The van der Waals surface area contributed by atoms with E-state index in [-0.39, 0.29) is 0 Å². The van der Waals surface area contributed by atoms with Crippen LogP contribution < -0.4 is 9.47 Å². The summed E-state index contributed by atoms with van der Waals surface area (Å²) in [5, 5.41) is 6.11. The minimum absolute atomic E-state index is 0.624. The topological polar surface area (TPSA) is 18.5 Å². The molecule has 2 saturated heterocycles. The maximum absolute atomic E-state index is 6.38. The van der Waals surface area contributed by atoms with Crippen molar-refractivity contribution in [3.8, 4) is 22.6 Å². The van der Waals surface area contributed by atoms with Gasteiger partial charge in [-0.1, -0.05) is 60.7 Å². The monoisotopic (exact) mass is 430 g/mol. The first-order valence-corrected chi connectivity index (χ1v) is 12.5. The van der Waals surface area contributed by atoms with Crippen molar-refractivity contribution in [3.63, 3.8) is 0 Å². The molecule has 4 aromatic carbocycles. The number of thioether (sulfide) groups is 2. The summed E-state index contributed by atoms with van der Waals surface area (Å²) in [6, 6.07) is 25.8. The van der Waals surface area contributed by atoms with E-state index in [9.17, 15) is 0 Å². The van der Waals surface area contributed by atoms with Crippen LogP contribution in [0, 0.1) is 0 Å². The number of benzene rings is 4. The highest BCUT2D eigenvalue weighted by Gasteiger charge is 2.26. The van der Waals surface area contributed by atoms with Crippen molar-refractivity contribution in [2.75, 3.05) is 24.7 Å². The lowest BCUT2D eigenvalue weighted by atomic mass is 9.92. The third-order valence-corrected chi connectivity index (χ3v) is 7.57. The number of fused-ring (bicyclic) bond motifs is 2. The van der Waals surface area contributed by atoms with E-state index in [1.54, 1.807) is 0 Å². The third kappa shape index (κ3) is 3.63. The Bertz CT molecular complexity index is 1130. The van der Waals surface area contributed by atoms with Gasteiger partial charge in [0.25, 0.3) is 0 Å². The Balaban J connectivity index is 1.59. The molecule has 0 N–H and O–H groups in total. The minimum Gasteiger partial charge on any atom is -0.492 e. The van der Waals surface area contributed by atoms with Crippen molar-refractivity contribution < 1.29 is 9.47 Å². The van der Waals surface area contributed by atoms with E-state index >= 15 is 0 Å². The highest BCUT2D eigenvalue weighted by molar-refractivity contribution is 8.07. The average molecular weight is 431 g/mol. The van der Waals surface area contributed by atoms with Gasteiger partial charge in [0.05, 0.1) is 0 Å². The summed E-state index contributed by atoms with van der Waals surface area (Å²) in [5.41, 5.74) is 2.29. The summed E-state index contributed by atoms with van der Waals surface area (Å²) in [4.78, 5) is 0.